The third-order valence-electron chi connectivity index (χ3n) is 9.73. The maximum Gasteiger partial charge on any atom is 0.321 e. The molecule has 14 nitrogen and oxygen atoms in total. The van der Waals surface area contributed by atoms with E-state index in [2.05, 4.69) is 37.3 Å². The lowest BCUT2D eigenvalue weighted by Gasteiger charge is -2.37. The van der Waals surface area contributed by atoms with Crippen LogP contribution in [0.2, 0.25) is 0 Å². The number of carbonyl (C=O) groups excluding carboxylic acids is 3. The Morgan fingerprint density at radius 3 is 2.35 bits per heavy atom. The highest BCUT2D eigenvalue weighted by Gasteiger charge is 2.48. The molecule has 0 saturated carbocycles. The third kappa shape index (κ3) is 11.8. The van der Waals surface area contributed by atoms with Crippen LogP contribution in [0.3, 0.4) is 0 Å². The van der Waals surface area contributed by atoms with E-state index in [1.807, 2.05) is 23.1 Å². The van der Waals surface area contributed by atoms with Gasteiger partial charge in [0.25, 0.3) is 5.92 Å². The maximum atomic E-state index is 15.0. The molecule has 5 rings (SSSR count). The molecular formula is C36H50F2N8O6. The number of halogens is 2. The molecule has 1 atom stereocenters. The monoisotopic (exact) mass is 728 g/mol. The zero-order valence-electron chi connectivity index (χ0n) is 29.5. The number of carbonyl (C=O) groups is 4. The number of carboxylic acid groups (broad SMARTS) is 1. The van der Waals surface area contributed by atoms with E-state index >= 15 is 8.78 Å². The van der Waals surface area contributed by atoms with Gasteiger partial charge in [-0.2, -0.15) is 0 Å². The number of nitrogens with one attached hydrogen (secondary N) is 4. The van der Waals surface area contributed by atoms with Crippen LogP contribution in [0.25, 0.3) is 0 Å². The van der Waals surface area contributed by atoms with Crippen molar-refractivity contribution in [2.45, 2.75) is 63.7 Å². The van der Waals surface area contributed by atoms with Gasteiger partial charge in [-0.3, -0.25) is 29.0 Å². The van der Waals surface area contributed by atoms with Crippen LogP contribution in [0.15, 0.2) is 30.3 Å². The molecule has 0 spiro atoms. The predicted octanol–water partition coefficient (Wildman–Crippen LogP) is 2.30. The van der Waals surface area contributed by atoms with E-state index in [1.165, 1.54) is 10.5 Å². The number of anilines is 2. The molecule has 3 aliphatic heterocycles. The SMILES string of the molecule is O=C(O)CN1CCC(C(=O)NCCCc2cccc(NCOC(=O)CN3CCC(C(=O)NCCCc4ccc5c(n4)NCCC5)C(F)(F)C3)n2)CC1. The Kier molecular flexibility index (Phi) is 14.1. The Balaban J connectivity index is 0.932. The maximum absolute atomic E-state index is 15.0. The summed E-state index contributed by atoms with van der Waals surface area (Å²) < 4.78 is 35.3. The summed E-state index contributed by atoms with van der Waals surface area (Å²) in [7, 11) is 0. The molecule has 1 unspecified atom stereocenters. The second kappa shape index (κ2) is 18.9. The van der Waals surface area contributed by atoms with E-state index in [0.29, 0.717) is 64.0 Å². The molecule has 16 heteroatoms. The number of hydrogen-bond donors (Lipinski definition) is 5. The van der Waals surface area contributed by atoms with Crippen LogP contribution in [-0.2, 0) is 43.2 Å². The predicted molar refractivity (Wildman–Crippen MR) is 189 cm³/mol. The molecule has 0 radical (unpaired) electrons. The molecule has 0 aliphatic carbocycles. The van der Waals surface area contributed by atoms with Gasteiger partial charge in [0, 0.05) is 36.9 Å². The largest absolute Gasteiger partial charge is 0.480 e. The highest BCUT2D eigenvalue weighted by molar-refractivity contribution is 5.80. The number of aromatic nitrogens is 2. The molecule has 284 valence electrons. The van der Waals surface area contributed by atoms with Gasteiger partial charge in [-0.05, 0) is 101 Å². The molecule has 2 amide bonds. The van der Waals surface area contributed by atoms with Crippen molar-refractivity contribution < 1.29 is 37.8 Å². The summed E-state index contributed by atoms with van der Waals surface area (Å²) in [6.45, 7) is 1.77. The van der Waals surface area contributed by atoms with Crippen LogP contribution in [0.4, 0.5) is 20.4 Å². The minimum absolute atomic E-state index is 0.00410. The fourth-order valence-electron chi connectivity index (χ4n) is 6.89. The first-order chi connectivity index (χ1) is 25.1. The van der Waals surface area contributed by atoms with Crippen LogP contribution in [-0.4, -0.2) is 120 Å². The summed E-state index contributed by atoms with van der Waals surface area (Å²) in [5.74, 6) is -5.71. The Hall–Kier alpha value is -4.44. The van der Waals surface area contributed by atoms with Crippen molar-refractivity contribution >= 4 is 35.4 Å². The number of nitrogens with zero attached hydrogens (tertiary/aromatic N) is 4. The first kappa shape index (κ1) is 38.8. The molecule has 2 aromatic rings. The van der Waals surface area contributed by atoms with E-state index in [0.717, 1.165) is 36.6 Å². The van der Waals surface area contributed by atoms with Gasteiger partial charge in [-0.1, -0.05) is 12.1 Å². The number of likely N-dealkylation sites (tertiary alicyclic amines) is 2. The van der Waals surface area contributed by atoms with Crippen LogP contribution in [0, 0.1) is 11.8 Å². The van der Waals surface area contributed by atoms with Crippen LogP contribution in [0.1, 0.15) is 55.5 Å². The van der Waals surface area contributed by atoms with Crippen molar-refractivity contribution in [3.8, 4) is 0 Å². The van der Waals surface area contributed by atoms with Gasteiger partial charge >= 0.3 is 11.9 Å². The van der Waals surface area contributed by atoms with E-state index in [1.54, 1.807) is 6.07 Å². The van der Waals surface area contributed by atoms with Gasteiger partial charge in [-0.25, -0.2) is 18.7 Å². The fourth-order valence-corrected chi connectivity index (χ4v) is 6.89. The number of hydrogen-bond acceptors (Lipinski definition) is 11. The summed E-state index contributed by atoms with van der Waals surface area (Å²) in [6, 6.07) is 9.42. The van der Waals surface area contributed by atoms with Gasteiger partial charge < -0.3 is 31.1 Å². The normalized spacial score (nSPS) is 19.2. The molecule has 52 heavy (non-hydrogen) atoms. The van der Waals surface area contributed by atoms with E-state index in [4.69, 9.17) is 9.84 Å². The third-order valence-corrected chi connectivity index (χ3v) is 9.73. The molecule has 5 heterocycles. The zero-order chi connectivity index (χ0) is 36.9. The quantitative estimate of drug-likeness (QED) is 0.0914. The molecule has 2 fully saturated rings. The van der Waals surface area contributed by atoms with Crippen molar-refractivity contribution in [3.05, 3.63) is 47.3 Å². The number of rotatable bonds is 17. The molecule has 2 aromatic heterocycles. The summed E-state index contributed by atoms with van der Waals surface area (Å²) in [6.07, 6.45) is 5.77. The smallest absolute Gasteiger partial charge is 0.321 e. The molecule has 2 saturated heterocycles. The summed E-state index contributed by atoms with van der Waals surface area (Å²) >= 11 is 0. The van der Waals surface area contributed by atoms with E-state index in [-0.39, 0.29) is 51.2 Å². The number of fused-ring (bicyclic) bond motifs is 1. The Morgan fingerprint density at radius 2 is 1.62 bits per heavy atom. The van der Waals surface area contributed by atoms with Crippen LogP contribution >= 0.6 is 0 Å². The zero-order valence-corrected chi connectivity index (χ0v) is 29.5. The number of carboxylic acids is 1. The summed E-state index contributed by atoms with van der Waals surface area (Å²) in [5, 5.41) is 20.8. The molecule has 3 aliphatic rings. The highest BCUT2D eigenvalue weighted by Crippen LogP contribution is 2.33. The molecule has 0 aromatic carbocycles. The van der Waals surface area contributed by atoms with Crippen LogP contribution < -0.4 is 21.3 Å². The second-order valence-electron chi connectivity index (χ2n) is 13.7. The standard InChI is InChI=1S/C36H50F2N8O6/c37-36(38)23-46(20-14-29(36)35(51)41-17-4-8-28-11-10-25-5-2-15-39-33(25)44-28)22-32(49)52-24-42-30-9-1-6-27(43-30)7-3-16-40-34(50)26-12-18-45(19-13-26)21-31(47)48/h1,6,9-11,26,29H,2-5,7-8,12-24H2,(H,39,44)(H,40,50)(H,41,51)(H,42,43)(H,47,48). The van der Waals surface area contributed by atoms with E-state index in [9.17, 15) is 19.2 Å². The number of pyridine rings is 2. The number of ether oxygens (including phenoxy) is 1. The number of amides is 2. The first-order valence-corrected chi connectivity index (χ1v) is 18.2. The Labute approximate surface area is 302 Å². The molecule has 0 bridgehead atoms. The average molecular weight is 729 g/mol. The number of piperidine rings is 2. The Morgan fingerprint density at radius 1 is 0.904 bits per heavy atom. The number of aryl methyl sites for hydroxylation is 3. The summed E-state index contributed by atoms with van der Waals surface area (Å²) in [4.78, 5) is 60.8. The van der Waals surface area contributed by atoms with Gasteiger partial charge in [-0.15, -0.1) is 0 Å². The lowest BCUT2D eigenvalue weighted by molar-refractivity contribution is -0.157. The Bertz CT molecular complexity index is 1540. The number of aliphatic carboxylic acids is 1. The van der Waals surface area contributed by atoms with Crippen molar-refractivity contribution in [1.29, 1.82) is 0 Å². The summed E-state index contributed by atoms with van der Waals surface area (Å²) in [5.41, 5.74) is 2.87. The van der Waals surface area contributed by atoms with Gasteiger partial charge in [0.2, 0.25) is 11.8 Å². The fraction of sp³-hybridized carbons (Fsp3) is 0.611. The highest BCUT2D eigenvalue weighted by atomic mass is 19.3. The van der Waals surface area contributed by atoms with Crippen molar-refractivity contribution in [2.24, 2.45) is 11.8 Å². The lowest BCUT2D eigenvalue weighted by Crippen LogP contribution is -2.54. The van der Waals surface area contributed by atoms with Gasteiger partial charge in [0.15, 0.2) is 6.73 Å². The van der Waals surface area contributed by atoms with Crippen molar-refractivity contribution in [3.63, 3.8) is 0 Å². The molecule has 5 N–H and O–H groups in total. The van der Waals surface area contributed by atoms with Gasteiger partial charge in [0.1, 0.15) is 17.6 Å². The van der Waals surface area contributed by atoms with Crippen LogP contribution in [0.5, 0.6) is 0 Å². The molecular weight excluding hydrogens is 678 g/mol. The lowest BCUT2D eigenvalue weighted by atomic mass is 9.92. The average Bonchev–Trinajstić information content (AvgIpc) is 3.11. The number of esters is 1. The van der Waals surface area contributed by atoms with Crippen molar-refractivity contribution in [2.75, 3.05) is 76.3 Å². The van der Waals surface area contributed by atoms with Crippen molar-refractivity contribution in [1.82, 2.24) is 30.4 Å². The number of alkyl halides is 2. The topological polar surface area (TPSA) is 178 Å². The minimum atomic E-state index is -3.29. The second-order valence-corrected chi connectivity index (χ2v) is 13.7. The van der Waals surface area contributed by atoms with Gasteiger partial charge in [0.05, 0.1) is 19.6 Å². The minimum Gasteiger partial charge on any atom is -0.480 e. The van der Waals surface area contributed by atoms with E-state index < -0.39 is 36.2 Å². The first-order valence-electron chi connectivity index (χ1n) is 18.2.